The van der Waals surface area contributed by atoms with Gasteiger partial charge in [0.1, 0.15) is 11.6 Å². The highest BCUT2D eigenvalue weighted by molar-refractivity contribution is 7.15. The molecule has 0 saturated heterocycles. The van der Waals surface area contributed by atoms with E-state index in [1.165, 1.54) is 28.0 Å². The van der Waals surface area contributed by atoms with Crippen LogP contribution in [0, 0.1) is 5.82 Å². The normalized spacial score (nSPS) is 12.0. The number of thiazole rings is 1. The number of hydrogen-bond acceptors (Lipinski definition) is 5. The first-order chi connectivity index (χ1) is 12.7. The van der Waals surface area contributed by atoms with Crippen molar-refractivity contribution in [1.29, 1.82) is 0 Å². The Hall–Kier alpha value is -3.06. The van der Waals surface area contributed by atoms with Gasteiger partial charge in [0.2, 0.25) is 4.96 Å². The molecule has 130 valence electrons. The van der Waals surface area contributed by atoms with Crippen molar-refractivity contribution in [1.82, 2.24) is 14.6 Å². The lowest BCUT2D eigenvalue weighted by Gasteiger charge is -2.02. The molecule has 2 aromatic heterocycles. The molecule has 0 bridgehead atoms. The number of benzene rings is 2. The Balaban J connectivity index is 1.74. The maximum absolute atomic E-state index is 13.8. The van der Waals surface area contributed by atoms with Gasteiger partial charge in [-0.2, -0.15) is 9.50 Å². The van der Waals surface area contributed by atoms with E-state index in [0.29, 0.717) is 27.5 Å². The third kappa shape index (κ3) is 2.97. The molecule has 2 aromatic carbocycles. The van der Waals surface area contributed by atoms with Gasteiger partial charge in [0.05, 0.1) is 11.1 Å². The summed E-state index contributed by atoms with van der Waals surface area (Å²) < 4.78 is 20.8. The van der Waals surface area contributed by atoms with Crippen molar-refractivity contribution in [3.05, 3.63) is 74.8 Å². The molecule has 0 saturated carbocycles. The van der Waals surface area contributed by atoms with Crippen molar-refractivity contribution in [2.45, 2.75) is 6.92 Å². The minimum Gasteiger partial charge on any atom is -0.494 e. The summed E-state index contributed by atoms with van der Waals surface area (Å²) in [4.78, 5) is 17.4. The highest BCUT2D eigenvalue weighted by atomic mass is 32.1. The van der Waals surface area contributed by atoms with Crippen LogP contribution in [0.5, 0.6) is 5.75 Å². The zero-order valence-electron chi connectivity index (χ0n) is 13.8. The monoisotopic (exact) mass is 367 g/mol. The molecule has 4 aromatic rings. The summed E-state index contributed by atoms with van der Waals surface area (Å²) in [7, 11) is 0. The lowest BCUT2D eigenvalue weighted by Crippen LogP contribution is -2.23. The van der Waals surface area contributed by atoms with Gasteiger partial charge in [0.25, 0.3) is 5.56 Å². The molecule has 0 N–H and O–H groups in total. The highest BCUT2D eigenvalue weighted by Crippen LogP contribution is 2.20. The van der Waals surface area contributed by atoms with Crippen LogP contribution in [0.3, 0.4) is 0 Å². The average molecular weight is 367 g/mol. The van der Waals surface area contributed by atoms with Crippen molar-refractivity contribution in [2.24, 2.45) is 0 Å². The molecule has 0 amide bonds. The second kappa shape index (κ2) is 6.68. The fourth-order valence-corrected chi connectivity index (χ4v) is 3.45. The molecule has 0 atom stereocenters. The first-order valence-electron chi connectivity index (χ1n) is 8.05. The Bertz CT molecular complexity index is 1180. The minimum absolute atomic E-state index is 0.307. The molecule has 0 aliphatic rings. The van der Waals surface area contributed by atoms with Gasteiger partial charge in [-0.3, -0.25) is 4.79 Å². The fraction of sp³-hybridized carbons (Fsp3) is 0.105. The van der Waals surface area contributed by atoms with Crippen LogP contribution in [0.15, 0.2) is 53.3 Å². The van der Waals surface area contributed by atoms with Crippen LogP contribution in [-0.2, 0) is 0 Å². The zero-order chi connectivity index (χ0) is 18.1. The van der Waals surface area contributed by atoms with Crippen molar-refractivity contribution < 1.29 is 9.13 Å². The molecule has 2 heterocycles. The second-order valence-corrected chi connectivity index (χ2v) is 6.53. The van der Waals surface area contributed by atoms with Crippen LogP contribution in [0.2, 0.25) is 0 Å². The van der Waals surface area contributed by atoms with Crippen LogP contribution in [-0.4, -0.2) is 21.2 Å². The second-order valence-electron chi connectivity index (χ2n) is 5.52. The minimum atomic E-state index is -0.374. The maximum atomic E-state index is 13.8. The molecule has 4 rings (SSSR count). The van der Waals surface area contributed by atoms with E-state index in [1.807, 2.05) is 31.2 Å². The summed E-state index contributed by atoms with van der Waals surface area (Å²) in [6, 6.07) is 13.7. The Kier molecular flexibility index (Phi) is 4.22. The topological polar surface area (TPSA) is 56.5 Å². The molecule has 0 radical (unpaired) electrons. The highest BCUT2D eigenvalue weighted by Gasteiger charge is 2.12. The largest absolute Gasteiger partial charge is 0.494 e. The molecule has 0 unspecified atom stereocenters. The summed E-state index contributed by atoms with van der Waals surface area (Å²) in [6.07, 6.45) is 1.52. The quantitative estimate of drug-likeness (QED) is 0.557. The van der Waals surface area contributed by atoms with E-state index in [-0.39, 0.29) is 11.4 Å². The zero-order valence-corrected chi connectivity index (χ0v) is 14.7. The van der Waals surface area contributed by atoms with Crippen LogP contribution in [0.1, 0.15) is 12.5 Å². The van der Waals surface area contributed by atoms with Crippen LogP contribution in [0.4, 0.5) is 4.39 Å². The SMILES string of the molecule is CCOc1ccc(-c2nc3sc(=Cc4ccccc4F)c(=O)n3n2)cc1. The maximum Gasteiger partial charge on any atom is 0.291 e. The van der Waals surface area contributed by atoms with Gasteiger partial charge < -0.3 is 4.74 Å². The molecule has 26 heavy (non-hydrogen) atoms. The Labute approximate surface area is 152 Å². The Morgan fingerprint density at radius 1 is 1.19 bits per heavy atom. The van der Waals surface area contributed by atoms with Gasteiger partial charge >= 0.3 is 0 Å². The lowest BCUT2D eigenvalue weighted by molar-refractivity contribution is 0.340. The number of ether oxygens (including phenoxy) is 1. The van der Waals surface area contributed by atoms with E-state index in [9.17, 15) is 9.18 Å². The Morgan fingerprint density at radius 3 is 2.65 bits per heavy atom. The van der Waals surface area contributed by atoms with Crippen LogP contribution in [0.25, 0.3) is 22.4 Å². The molecule has 0 spiro atoms. The molecule has 0 aliphatic carbocycles. The molecule has 5 nitrogen and oxygen atoms in total. The van der Waals surface area contributed by atoms with E-state index in [2.05, 4.69) is 10.1 Å². The first kappa shape index (κ1) is 16.4. The number of halogens is 1. The van der Waals surface area contributed by atoms with Crippen molar-refractivity contribution in [3.63, 3.8) is 0 Å². The lowest BCUT2D eigenvalue weighted by atomic mass is 10.2. The number of hydrogen-bond donors (Lipinski definition) is 0. The molecular weight excluding hydrogens is 353 g/mol. The van der Waals surface area contributed by atoms with E-state index in [4.69, 9.17) is 4.74 Å². The molecule has 0 aliphatic heterocycles. The summed E-state index contributed by atoms with van der Waals surface area (Å²) in [5.41, 5.74) is 0.849. The van der Waals surface area contributed by atoms with Gasteiger partial charge in [0, 0.05) is 11.1 Å². The average Bonchev–Trinajstić information content (AvgIpc) is 3.18. The van der Waals surface area contributed by atoms with Gasteiger partial charge in [-0.25, -0.2) is 4.39 Å². The molecule has 7 heteroatoms. The van der Waals surface area contributed by atoms with Crippen molar-refractivity contribution >= 4 is 22.4 Å². The number of rotatable bonds is 4. The summed E-state index contributed by atoms with van der Waals surface area (Å²) >= 11 is 1.18. The third-order valence-corrected chi connectivity index (χ3v) is 4.76. The van der Waals surface area contributed by atoms with Gasteiger partial charge in [-0.15, -0.1) is 5.10 Å². The summed E-state index contributed by atoms with van der Waals surface area (Å²) in [5.74, 6) is 0.860. The smallest absolute Gasteiger partial charge is 0.291 e. The fourth-order valence-electron chi connectivity index (χ4n) is 2.56. The number of aromatic nitrogens is 3. The first-order valence-corrected chi connectivity index (χ1v) is 8.86. The molecular formula is C19H14FN3O2S. The van der Waals surface area contributed by atoms with Gasteiger partial charge in [-0.1, -0.05) is 29.5 Å². The van der Waals surface area contributed by atoms with E-state index >= 15 is 0 Å². The predicted molar refractivity (Wildman–Crippen MR) is 98.9 cm³/mol. The van der Waals surface area contributed by atoms with E-state index in [1.54, 1.807) is 18.2 Å². The van der Waals surface area contributed by atoms with Crippen LogP contribution >= 0.6 is 11.3 Å². The molecule has 0 fully saturated rings. The number of nitrogens with zero attached hydrogens (tertiary/aromatic N) is 3. The van der Waals surface area contributed by atoms with E-state index in [0.717, 1.165) is 11.3 Å². The summed E-state index contributed by atoms with van der Waals surface area (Å²) in [6.45, 7) is 2.52. The van der Waals surface area contributed by atoms with Crippen LogP contribution < -0.4 is 14.8 Å². The van der Waals surface area contributed by atoms with Gasteiger partial charge in [0.15, 0.2) is 5.82 Å². The van der Waals surface area contributed by atoms with Crippen molar-refractivity contribution in [2.75, 3.05) is 6.61 Å². The van der Waals surface area contributed by atoms with Crippen molar-refractivity contribution in [3.8, 4) is 17.1 Å². The summed E-state index contributed by atoms with van der Waals surface area (Å²) in [5, 5.41) is 4.29. The van der Waals surface area contributed by atoms with Gasteiger partial charge in [-0.05, 0) is 43.3 Å². The predicted octanol–water partition coefficient (Wildman–Crippen LogP) is 2.90. The standard InChI is InChI=1S/C19H14FN3O2S/c1-2-25-14-9-7-12(8-10-14)17-21-19-23(22-17)18(24)16(26-19)11-13-5-3-4-6-15(13)20/h3-11H,2H2,1H3. The Morgan fingerprint density at radius 2 is 1.96 bits per heavy atom. The van der Waals surface area contributed by atoms with E-state index < -0.39 is 0 Å². The third-order valence-electron chi connectivity index (χ3n) is 3.80. The number of fused-ring (bicyclic) bond motifs is 1.